The second-order valence-corrected chi connectivity index (χ2v) is 7.47. The van der Waals surface area contributed by atoms with Crippen LogP contribution >= 0.6 is 0 Å². The van der Waals surface area contributed by atoms with Gasteiger partial charge in [-0.3, -0.25) is 4.79 Å². The molecule has 1 aromatic carbocycles. The maximum atomic E-state index is 12.5. The lowest BCUT2D eigenvalue weighted by Gasteiger charge is -2.24. The number of rotatable bonds is 3. The Morgan fingerprint density at radius 3 is 2.52 bits per heavy atom. The van der Waals surface area contributed by atoms with Crippen LogP contribution in [0.5, 0.6) is 0 Å². The fourth-order valence-electron chi connectivity index (χ4n) is 2.77. The predicted molar refractivity (Wildman–Crippen MR) is 90.5 cm³/mol. The van der Waals surface area contributed by atoms with Gasteiger partial charge in [-0.2, -0.15) is 0 Å². The standard InChI is InChI=1S/C19H27NO3/c1-13-6-7-15(10-14(13)2)11-17(21)16-8-9-20(12-16)18(22)23-19(3,4)5/h6-7,10,16H,8-9,11-12H2,1-5H3. The quantitative estimate of drug-likeness (QED) is 0.854. The number of nitrogens with zero attached hydrogens (tertiary/aromatic N) is 1. The van der Waals surface area contributed by atoms with Crippen LogP contribution < -0.4 is 0 Å². The van der Waals surface area contributed by atoms with Crippen LogP contribution in [0.2, 0.25) is 0 Å². The average Bonchev–Trinajstić information content (AvgIpc) is 2.91. The second kappa shape index (κ2) is 6.73. The molecular weight excluding hydrogens is 290 g/mol. The number of Topliss-reactive ketones (excluding diaryl/α,β-unsaturated/α-hetero) is 1. The minimum Gasteiger partial charge on any atom is -0.444 e. The number of likely N-dealkylation sites (tertiary alicyclic amines) is 1. The molecule has 2 rings (SSSR count). The largest absolute Gasteiger partial charge is 0.444 e. The topological polar surface area (TPSA) is 46.6 Å². The number of aryl methyl sites for hydroxylation is 2. The first-order valence-corrected chi connectivity index (χ1v) is 8.22. The van der Waals surface area contributed by atoms with Gasteiger partial charge in [0.05, 0.1) is 0 Å². The van der Waals surface area contributed by atoms with Crippen LogP contribution in [0, 0.1) is 19.8 Å². The Morgan fingerprint density at radius 2 is 1.91 bits per heavy atom. The van der Waals surface area contributed by atoms with E-state index < -0.39 is 5.60 Å². The van der Waals surface area contributed by atoms with Gasteiger partial charge in [-0.15, -0.1) is 0 Å². The lowest BCUT2D eigenvalue weighted by molar-refractivity contribution is -0.121. The van der Waals surface area contributed by atoms with Crippen molar-refractivity contribution in [2.24, 2.45) is 5.92 Å². The zero-order valence-electron chi connectivity index (χ0n) is 14.8. The first-order valence-electron chi connectivity index (χ1n) is 8.22. The SMILES string of the molecule is Cc1ccc(CC(=O)C2CCN(C(=O)OC(C)(C)C)C2)cc1C. The highest BCUT2D eigenvalue weighted by atomic mass is 16.6. The Bertz CT molecular complexity index is 601. The van der Waals surface area contributed by atoms with Crippen molar-refractivity contribution in [2.45, 2.75) is 53.1 Å². The van der Waals surface area contributed by atoms with Crippen LogP contribution in [0.4, 0.5) is 4.79 Å². The average molecular weight is 317 g/mol. The third-order valence-corrected chi connectivity index (χ3v) is 4.24. The number of carbonyl (C=O) groups is 2. The number of ether oxygens (including phenoxy) is 1. The summed E-state index contributed by atoms with van der Waals surface area (Å²) in [5.41, 5.74) is 2.99. The molecule has 1 atom stereocenters. The molecule has 0 radical (unpaired) electrons. The van der Waals surface area contributed by atoms with Gasteiger partial charge in [-0.25, -0.2) is 4.79 Å². The van der Waals surface area contributed by atoms with Gasteiger partial charge in [0.2, 0.25) is 0 Å². The Kier molecular flexibility index (Phi) is 5.12. The summed E-state index contributed by atoms with van der Waals surface area (Å²) in [6, 6.07) is 6.15. The van der Waals surface area contributed by atoms with E-state index >= 15 is 0 Å². The molecule has 126 valence electrons. The van der Waals surface area contributed by atoms with Crippen LogP contribution in [-0.2, 0) is 16.0 Å². The van der Waals surface area contributed by atoms with E-state index in [2.05, 4.69) is 26.0 Å². The molecule has 0 aliphatic carbocycles. The van der Waals surface area contributed by atoms with Gasteiger partial charge >= 0.3 is 6.09 Å². The van der Waals surface area contributed by atoms with E-state index in [1.165, 1.54) is 11.1 Å². The summed E-state index contributed by atoms with van der Waals surface area (Å²) in [6.45, 7) is 10.7. The maximum Gasteiger partial charge on any atom is 0.410 e. The van der Waals surface area contributed by atoms with Crippen molar-refractivity contribution in [1.82, 2.24) is 4.90 Å². The molecule has 1 aromatic rings. The molecule has 1 unspecified atom stereocenters. The van der Waals surface area contributed by atoms with Crippen LogP contribution in [0.3, 0.4) is 0 Å². The molecular formula is C19H27NO3. The van der Waals surface area contributed by atoms with E-state index in [1.807, 2.05) is 26.8 Å². The van der Waals surface area contributed by atoms with Crippen molar-refractivity contribution >= 4 is 11.9 Å². The first-order chi connectivity index (χ1) is 10.7. The zero-order chi connectivity index (χ0) is 17.2. The molecule has 4 heteroatoms. The van der Waals surface area contributed by atoms with Crippen molar-refractivity contribution in [3.05, 3.63) is 34.9 Å². The van der Waals surface area contributed by atoms with Gasteiger partial charge < -0.3 is 9.64 Å². The Morgan fingerprint density at radius 1 is 1.22 bits per heavy atom. The van der Waals surface area contributed by atoms with E-state index in [9.17, 15) is 9.59 Å². The van der Waals surface area contributed by atoms with Crippen LogP contribution in [0.1, 0.15) is 43.9 Å². The molecule has 0 aromatic heterocycles. The van der Waals surface area contributed by atoms with E-state index in [4.69, 9.17) is 4.74 Å². The Hall–Kier alpha value is -1.84. The molecule has 1 heterocycles. The summed E-state index contributed by atoms with van der Waals surface area (Å²) < 4.78 is 5.37. The molecule has 0 bridgehead atoms. The van der Waals surface area contributed by atoms with Gasteiger partial charge in [-0.05, 0) is 57.7 Å². The highest BCUT2D eigenvalue weighted by Gasteiger charge is 2.33. The van der Waals surface area contributed by atoms with Crippen LogP contribution in [0.15, 0.2) is 18.2 Å². The van der Waals surface area contributed by atoms with Crippen molar-refractivity contribution in [3.63, 3.8) is 0 Å². The van der Waals surface area contributed by atoms with Gasteiger partial charge in [0.15, 0.2) is 0 Å². The molecule has 4 nitrogen and oxygen atoms in total. The minimum atomic E-state index is -0.501. The van der Waals surface area contributed by atoms with E-state index in [0.717, 1.165) is 12.0 Å². The Labute approximate surface area is 138 Å². The van der Waals surface area contributed by atoms with E-state index in [1.54, 1.807) is 4.90 Å². The molecule has 1 saturated heterocycles. The third kappa shape index (κ3) is 4.81. The highest BCUT2D eigenvalue weighted by Crippen LogP contribution is 2.22. The summed E-state index contributed by atoms with van der Waals surface area (Å²) in [4.78, 5) is 26.2. The molecule has 0 N–H and O–H groups in total. The number of hydrogen-bond donors (Lipinski definition) is 0. The number of ketones is 1. The molecule has 1 fully saturated rings. The third-order valence-electron chi connectivity index (χ3n) is 4.24. The molecule has 0 spiro atoms. The highest BCUT2D eigenvalue weighted by molar-refractivity contribution is 5.84. The van der Waals surface area contributed by atoms with Crippen LogP contribution in [0.25, 0.3) is 0 Å². The number of benzene rings is 1. The minimum absolute atomic E-state index is 0.0795. The summed E-state index contributed by atoms with van der Waals surface area (Å²) in [5, 5.41) is 0. The second-order valence-electron chi connectivity index (χ2n) is 7.47. The monoisotopic (exact) mass is 317 g/mol. The molecule has 23 heavy (non-hydrogen) atoms. The molecule has 1 aliphatic rings. The summed E-state index contributed by atoms with van der Waals surface area (Å²) >= 11 is 0. The summed E-state index contributed by atoms with van der Waals surface area (Å²) in [6.07, 6.45) is 0.843. The lowest BCUT2D eigenvalue weighted by atomic mass is 9.95. The van der Waals surface area contributed by atoms with E-state index in [0.29, 0.717) is 19.5 Å². The lowest BCUT2D eigenvalue weighted by Crippen LogP contribution is -2.36. The molecule has 0 saturated carbocycles. The van der Waals surface area contributed by atoms with Crippen LogP contribution in [-0.4, -0.2) is 35.5 Å². The maximum absolute atomic E-state index is 12.5. The van der Waals surface area contributed by atoms with Gasteiger partial charge in [0.1, 0.15) is 11.4 Å². The summed E-state index contributed by atoms with van der Waals surface area (Å²) in [5.74, 6) is 0.128. The summed E-state index contributed by atoms with van der Waals surface area (Å²) in [7, 11) is 0. The Balaban J connectivity index is 1.92. The van der Waals surface area contributed by atoms with Crippen molar-refractivity contribution in [1.29, 1.82) is 0 Å². The van der Waals surface area contributed by atoms with Gasteiger partial charge in [0, 0.05) is 25.4 Å². The van der Waals surface area contributed by atoms with Crippen molar-refractivity contribution < 1.29 is 14.3 Å². The van der Waals surface area contributed by atoms with Gasteiger partial charge in [0.25, 0.3) is 0 Å². The first kappa shape index (κ1) is 17.5. The predicted octanol–water partition coefficient (Wildman–Crippen LogP) is 3.67. The fourth-order valence-corrected chi connectivity index (χ4v) is 2.77. The fraction of sp³-hybridized carbons (Fsp3) is 0.579. The number of carbonyl (C=O) groups excluding carboxylic acids is 2. The van der Waals surface area contributed by atoms with Crippen molar-refractivity contribution in [3.8, 4) is 0 Å². The number of hydrogen-bond acceptors (Lipinski definition) is 3. The van der Waals surface area contributed by atoms with E-state index in [-0.39, 0.29) is 17.8 Å². The number of amides is 1. The molecule has 1 aliphatic heterocycles. The smallest absolute Gasteiger partial charge is 0.410 e. The van der Waals surface area contributed by atoms with Gasteiger partial charge in [-0.1, -0.05) is 18.2 Å². The molecule has 1 amide bonds. The van der Waals surface area contributed by atoms with Crippen molar-refractivity contribution in [2.75, 3.05) is 13.1 Å². The normalized spacial score (nSPS) is 18.1. The zero-order valence-corrected chi connectivity index (χ0v) is 14.8.